The van der Waals surface area contributed by atoms with Crippen molar-refractivity contribution < 1.29 is 14.4 Å². The van der Waals surface area contributed by atoms with Crippen molar-refractivity contribution in [2.24, 2.45) is 0 Å². The Kier molecular flexibility index (Phi) is 5.42. The van der Waals surface area contributed by atoms with Crippen LogP contribution < -0.4 is 4.90 Å². The van der Waals surface area contributed by atoms with Gasteiger partial charge in [-0.1, -0.05) is 37.0 Å². The first-order valence-corrected chi connectivity index (χ1v) is 9.37. The first-order valence-electron chi connectivity index (χ1n) is 8.83. The van der Waals surface area contributed by atoms with Crippen LogP contribution in [0.3, 0.4) is 0 Å². The first kappa shape index (κ1) is 17.9. The SMILES string of the molecule is Cc1ccc(N2C(=O)CC(N(C(=O)CCl)C3CCCCC3)C2=O)cc1. The summed E-state index contributed by atoms with van der Waals surface area (Å²) >= 11 is 5.80. The van der Waals surface area contributed by atoms with Crippen LogP contribution in [0.1, 0.15) is 44.1 Å². The summed E-state index contributed by atoms with van der Waals surface area (Å²) in [7, 11) is 0. The minimum Gasteiger partial charge on any atom is -0.326 e. The molecule has 134 valence electrons. The maximum atomic E-state index is 13.0. The number of rotatable bonds is 4. The number of hydrogen-bond donors (Lipinski definition) is 0. The molecule has 5 nitrogen and oxygen atoms in total. The van der Waals surface area contributed by atoms with E-state index in [0.717, 1.165) is 37.7 Å². The number of aryl methyl sites for hydroxylation is 1. The molecule has 1 aliphatic heterocycles. The van der Waals surface area contributed by atoms with Crippen LogP contribution in [0, 0.1) is 6.92 Å². The van der Waals surface area contributed by atoms with Crippen molar-refractivity contribution in [1.29, 1.82) is 0 Å². The highest BCUT2D eigenvalue weighted by atomic mass is 35.5. The lowest BCUT2D eigenvalue weighted by Gasteiger charge is -2.37. The van der Waals surface area contributed by atoms with Gasteiger partial charge in [-0.2, -0.15) is 0 Å². The van der Waals surface area contributed by atoms with Gasteiger partial charge in [-0.05, 0) is 31.9 Å². The van der Waals surface area contributed by atoms with Crippen molar-refractivity contribution in [3.05, 3.63) is 29.8 Å². The number of nitrogens with zero attached hydrogens (tertiary/aromatic N) is 2. The normalized spacial score (nSPS) is 21.7. The van der Waals surface area contributed by atoms with Crippen molar-refractivity contribution in [2.45, 2.75) is 57.5 Å². The number of amides is 3. The molecule has 0 spiro atoms. The molecule has 2 fully saturated rings. The highest BCUT2D eigenvalue weighted by Crippen LogP contribution is 2.31. The van der Waals surface area contributed by atoms with Crippen LogP contribution in [0.25, 0.3) is 0 Å². The Labute approximate surface area is 152 Å². The third kappa shape index (κ3) is 3.56. The monoisotopic (exact) mass is 362 g/mol. The molecule has 1 aromatic carbocycles. The van der Waals surface area contributed by atoms with Gasteiger partial charge in [0.15, 0.2) is 0 Å². The number of imide groups is 1. The summed E-state index contributed by atoms with van der Waals surface area (Å²) in [6.07, 6.45) is 4.98. The largest absolute Gasteiger partial charge is 0.326 e. The minimum absolute atomic E-state index is 0.000261. The van der Waals surface area contributed by atoms with E-state index in [9.17, 15) is 14.4 Å². The van der Waals surface area contributed by atoms with E-state index in [4.69, 9.17) is 11.6 Å². The van der Waals surface area contributed by atoms with Crippen LogP contribution in [0.5, 0.6) is 0 Å². The van der Waals surface area contributed by atoms with Gasteiger partial charge in [-0.15, -0.1) is 11.6 Å². The molecule has 3 amide bonds. The number of alkyl halides is 1. The van der Waals surface area contributed by atoms with Crippen LogP contribution >= 0.6 is 11.6 Å². The summed E-state index contributed by atoms with van der Waals surface area (Å²) < 4.78 is 0. The third-order valence-electron chi connectivity index (χ3n) is 5.12. The quantitative estimate of drug-likeness (QED) is 0.611. The van der Waals surface area contributed by atoms with Gasteiger partial charge in [-0.25, -0.2) is 4.90 Å². The number of benzene rings is 1. The van der Waals surface area contributed by atoms with Gasteiger partial charge in [0.1, 0.15) is 11.9 Å². The Hall–Kier alpha value is -1.88. The zero-order valence-corrected chi connectivity index (χ0v) is 15.2. The average molecular weight is 363 g/mol. The molecular weight excluding hydrogens is 340 g/mol. The molecule has 3 rings (SSSR count). The summed E-state index contributed by atoms with van der Waals surface area (Å²) in [5.74, 6) is -1.01. The van der Waals surface area contributed by atoms with E-state index < -0.39 is 6.04 Å². The van der Waals surface area contributed by atoms with E-state index >= 15 is 0 Å². The first-order chi connectivity index (χ1) is 12.0. The number of anilines is 1. The van der Waals surface area contributed by atoms with E-state index in [1.165, 1.54) is 4.90 Å². The molecule has 2 aliphatic rings. The smallest absolute Gasteiger partial charge is 0.257 e. The van der Waals surface area contributed by atoms with Gasteiger partial charge in [0, 0.05) is 6.04 Å². The molecule has 0 aromatic heterocycles. The Balaban J connectivity index is 1.87. The van der Waals surface area contributed by atoms with E-state index in [-0.39, 0.29) is 36.1 Å². The van der Waals surface area contributed by atoms with Crippen LogP contribution in [0.4, 0.5) is 5.69 Å². The molecule has 1 aliphatic carbocycles. The van der Waals surface area contributed by atoms with Crippen LogP contribution in [-0.4, -0.2) is 40.6 Å². The Morgan fingerprint density at radius 2 is 1.80 bits per heavy atom. The van der Waals surface area contributed by atoms with Crippen molar-refractivity contribution in [3.63, 3.8) is 0 Å². The third-order valence-corrected chi connectivity index (χ3v) is 5.35. The van der Waals surface area contributed by atoms with Gasteiger partial charge in [0.2, 0.25) is 11.8 Å². The summed E-state index contributed by atoms with van der Waals surface area (Å²) in [6, 6.07) is 6.53. The number of hydrogen-bond acceptors (Lipinski definition) is 3. The molecular formula is C19H23ClN2O3. The molecule has 0 bridgehead atoms. The van der Waals surface area contributed by atoms with Crippen molar-refractivity contribution in [2.75, 3.05) is 10.8 Å². The Morgan fingerprint density at radius 3 is 2.40 bits per heavy atom. The van der Waals surface area contributed by atoms with E-state index in [2.05, 4.69) is 0 Å². The fourth-order valence-electron chi connectivity index (χ4n) is 3.86. The average Bonchev–Trinajstić information content (AvgIpc) is 2.91. The van der Waals surface area contributed by atoms with Crippen LogP contribution in [-0.2, 0) is 14.4 Å². The summed E-state index contributed by atoms with van der Waals surface area (Å²) in [6.45, 7) is 1.95. The molecule has 1 atom stereocenters. The maximum Gasteiger partial charge on any atom is 0.257 e. The second-order valence-electron chi connectivity index (χ2n) is 6.85. The maximum absolute atomic E-state index is 13.0. The standard InChI is InChI=1S/C19H23ClN2O3/c1-13-7-9-15(10-8-13)22-17(23)11-16(19(22)25)21(18(24)12-20)14-5-3-2-4-6-14/h7-10,14,16H,2-6,11-12H2,1H3. The number of halogens is 1. The van der Waals surface area contributed by atoms with E-state index in [1.54, 1.807) is 17.0 Å². The van der Waals surface area contributed by atoms with Gasteiger partial charge < -0.3 is 4.90 Å². The van der Waals surface area contributed by atoms with Crippen molar-refractivity contribution >= 4 is 35.0 Å². The van der Waals surface area contributed by atoms with Crippen molar-refractivity contribution in [3.8, 4) is 0 Å². The number of carbonyl (C=O) groups excluding carboxylic acids is 3. The summed E-state index contributed by atoms with van der Waals surface area (Å²) in [4.78, 5) is 40.7. The molecule has 0 N–H and O–H groups in total. The highest BCUT2D eigenvalue weighted by molar-refractivity contribution is 6.28. The molecule has 0 radical (unpaired) electrons. The fourth-order valence-corrected chi connectivity index (χ4v) is 4.00. The highest BCUT2D eigenvalue weighted by Gasteiger charge is 2.46. The lowest BCUT2D eigenvalue weighted by atomic mass is 9.92. The van der Waals surface area contributed by atoms with E-state index in [1.807, 2.05) is 19.1 Å². The molecule has 1 saturated heterocycles. The topological polar surface area (TPSA) is 57.7 Å². The van der Waals surface area contributed by atoms with Crippen LogP contribution in [0.15, 0.2) is 24.3 Å². The van der Waals surface area contributed by atoms with Gasteiger partial charge in [-0.3, -0.25) is 14.4 Å². The van der Waals surface area contributed by atoms with Gasteiger partial charge in [0.05, 0.1) is 12.1 Å². The molecule has 25 heavy (non-hydrogen) atoms. The summed E-state index contributed by atoms with van der Waals surface area (Å²) in [5, 5.41) is 0. The predicted octanol–water partition coefficient (Wildman–Crippen LogP) is 3.03. The van der Waals surface area contributed by atoms with E-state index in [0.29, 0.717) is 5.69 Å². The fraction of sp³-hybridized carbons (Fsp3) is 0.526. The molecule has 1 unspecified atom stereocenters. The zero-order valence-electron chi connectivity index (χ0n) is 14.4. The lowest BCUT2D eigenvalue weighted by Crippen LogP contribution is -2.51. The number of carbonyl (C=O) groups is 3. The summed E-state index contributed by atoms with van der Waals surface area (Å²) in [5.41, 5.74) is 1.62. The Bertz CT molecular complexity index is 668. The van der Waals surface area contributed by atoms with Gasteiger partial charge in [0.25, 0.3) is 5.91 Å². The van der Waals surface area contributed by atoms with Crippen LogP contribution in [0.2, 0.25) is 0 Å². The molecule has 1 aromatic rings. The molecule has 6 heteroatoms. The van der Waals surface area contributed by atoms with Gasteiger partial charge >= 0.3 is 0 Å². The molecule has 1 heterocycles. The lowest BCUT2D eigenvalue weighted by molar-refractivity contribution is -0.139. The molecule has 1 saturated carbocycles. The zero-order chi connectivity index (χ0) is 18.0. The Morgan fingerprint density at radius 1 is 1.16 bits per heavy atom. The van der Waals surface area contributed by atoms with Crippen molar-refractivity contribution in [1.82, 2.24) is 4.90 Å². The second kappa shape index (κ2) is 7.56. The predicted molar refractivity (Wildman–Crippen MR) is 96.5 cm³/mol. The second-order valence-corrected chi connectivity index (χ2v) is 7.12. The minimum atomic E-state index is -0.733.